The summed E-state index contributed by atoms with van der Waals surface area (Å²) in [4.78, 5) is 15.4. The normalized spacial score (nSPS) is 11.9. The Labute approximate surface area is 752 Å². The van der Waals surface area contributed by atoms with Crippen molar-refractivity contribution in [1.29, 1.82) is 0 Å². The Hall–Kier alpha value is -14.8. The van der Waals surface area contributed by atoms with E-state index in [0.29, 0.717) is 17.6 Å². The minimum Gasteiger partial charge on any atom is -0.306 e. The fourth-order valence-electron chi connectivity index (χ4n) is 19.4. The van der Waals surface area contributed by atoms with Gasteiger partial charge < -0.3 is 9.13 Å². The summed E-state index contributed by atoms with van der Waals surface area (Å²) in [6, 6.07) is 148. The van der Waals surface area contributed by atoms with Crippen molar-refractivity contribution in [3.63, 3.8) is 0 Å². The summed E-state index contributed by atoms with van der Waals surface area (Å²) in [5.74, 6) is 1.92. The maximum absolute atomic E-state index is 5.20. The molecule has 594 valence electrons. The van der Waals surface area contributed by atoms with Crippen LogP contribution in [0.2, 0.25) is 0 Å². The molecule has 0 spiro atoms. The molecule has 0 radical (unpaired) electrons. The first-order chi connectivity index (χ1) is 63.0. The molecular formula is C115H68N6S6. The molecule has 127 heavy (non-hydrogen) atoms. The lowest BCUT2D eigenvalue weighted by Crippen LogP contribution is -2.06. The number of aromatic nitrogens is 6. The smallest absolute Gasteiger partial charge is 0.238 e. The molecule has 0 atom stereocenters. The van der Waals surface area contributed by atoms with Gasteiger partial charge in [0, 0.05) is 73.7 Å². The summed E-state index contributed by atoms with van der Waals surface area (Å²) in [6.45, 7) is 0. The predicted molar refractivity (Wildman–Crippen MR) is 551 cm³/mol. The van der Waals surface area contributed by atoms with Gasteiger partial charge >= 0.3 is 0 Å². The number of benzene rings is 18. The van der Waals surface area contributed by atoms with Crippen LogP contribution < -0.4 is 0 Å². The molecule has 0 bridgehead atoms. The molecule has 10 aromatic heterocycles. The topological polar surface area (TPSA) is 53.5 Å². The van der Waals surface area contributed by atoms with Gasteiger partial charge in [-0.3, -0.25) is 4.57 Å². The number of thiophene rings is 6. The predicted octanol–water partition coefficient (Wildman–Crippen LogP) is 34.4. The van der Waals surface area contributed by atoms with Crippen molar-refractivity contribution in [2.75, 3.05) is 0 Å². The van der Waals surface area contributed by atoms with Gasteiger partial charge in [0.15, 0.2) is 11.6 Å². The molecule has 0 unspecified atom stereocenters. The minimum atomic E-state index is 0.623. The lowest BCUT2D eigenvalue weighted by atomic mass is 9.89. The summed E-state index contributed by atoms with van der Waals surface area (Å²) in [7, 11) is 0. The molecule has 28 rings (SSSR count). The van der Waals surface area contributed by atoms with Crippen molar-refractivity contribution < 1.29 is 0 Å². The van der Waals surface area contributed by atoms with Gasteiger partial charge in [-0.25, -0.2) is 4.98 Å². The highest BCUT2D eigenvalue weighted by atomic mass is 32.1. The molecule has 0 aliphatic rings. The monoisotopic (exact) mass is 1720 g/mol. The molecule has 6 nitrogen and oxygen atoms in total. The Morgan fingerprint density at radius 1 is 0.189 bits per heavy atom. The Bertz CT molecular complexity index is 9260. The van der Waals surface area contributed by atoms with Crippen LogP contribution >= 0.6 is 68.0 Å². The standard InChI is InChI=1S/C40H23NS2.C38H23NS2.C37H22N4S2/c1-2-12-25-23-26(22-21-24(25)11-1)35-27-13-3-5-15-29(27)36(30-16-6-4-14-28(30)35)41-33-19-9-7-17-31(33)38-37(41)40-39(43-38)32-18-8-10-20-34(32)42-40;1-2-11-24(12-3-1)25-13-10-14-26(23-25)27-21-22-33(29-16-5-4-15-28(27)29)39-32-19-8-6-17-30(32)36-35(39)38-37(41-36)31-18-7-9-20-34(31)40-38;1-3-12-23(13-4-1)25-16-11-17-26(22-25)36-38-35(24-14-5-2-6-15-24)39-37(40-36)41-29-20-9-7-18-27(29)32-31(41)34-33(43-32)28-19-8-10-21-30(28)42-34/h1-23H;1-23H;1-22H. The first-order valence-electron chi connectivity index (χ1n) is 42.6. The third-order valence-electron chi connectivity index (χ3n) is 25.1. The third-order valence-corrected chi connectivity index (χ3v) is 32.7. The van der Waals surface area contributed by atoms with Gasteiger partial charge in [0.05, 0.1) is 86.8 Å². The van der Waals surface area contributed by atoms with Crippen LogP contribution in [0, 0.1) is 0 Å². The minimum absolute atomic E-state index is 0.623. The summed E-state index contributed by atoms with van der Waals surface area (Å²) in [6.07, 6.45) is 0. The molecule has 18 aromatic carbocycles. The lowest BCUT2D eigenvalue weighted by molar-refractivity contribution is 0.956. The average molecular weight is 1730 g/mol. The molecule has 28 aromatic rings. The van der Waals surface area contributed by atoms with Crippen LogP contribution in [0.4, 0.5) is 0 Å². The van der Waals surface area contributed by atoms with Gasteiger partial charge in [-0.1, -0.05) is 352 Å². The number of fused-ring (bicyclic) bond motifs is 25. The fraction of sp³-hybridized carbons (Fsp3) is 0. The highest BCUT2D eigenvalue weighted by Crippen LogP contribution is 2.55. The summed E-state index contributed by atoms with van der Waals surface area (Å²) < 4.78 is 23.5. The molecule has 0 aliphatic carbocycles. The molecular weight excluding hydrogens is 1660 g/mol. The second-order valence-electron chi connectivity index (χ2n) is 32.3. The molecule has 0 fully saturated rings. The fourth-order valence-corrected chi connectivity index (χ4v) is 27.7. The van der Waals surface area contributed by atoms with E-state index in [9.17, 15) is 0 Å². The number of hydrogen-bond acceptors (Lipinski definition) is 9. The van der Waals surface area contributed by atoms with Crippen molar-refractivity contribution in [3.05, 3.63) is 413 Å². The molecule has 0 N–H and O–H groups in total. The van der Waals surface area contributed by atoms with E-state index in [1.165, 1.54) is 199 Å². The van der Waals surface area contributed by atoms with Gasteiger partial charge in [-0.15, -0.1) is 68.0 Å². The number of nitrogens with zero attached hydrogens (tertiary/aromatic N) is 6. The van der Waals surface area contributed by atoms with Gasteiger partial charge in [0.1, 0.15) is 0 Å². The average Bonchev–Trinajstić information content (AvgIpc) is 1.59. The van der Waals surface area contributed by atoms with Crippen molar-refractivity contribution in [2.24, 2.45) is 0 Å². The van der Waals surface area contributed by atoms with E-state index in [4.69, 9.17) is 15.0 Å². The van der Waals surface area contributed by atoms with Crippen molar-refractivity contribution in [3.8, 4) is 84.6 Å². The van der Waals surface area contributed by atoms with E-state index in [2.05, 4.69) is 402 Å². The van der Waals surface area contributed by atoms with E-state index >= 15 is 0 Å². The van der Waals surface area contributed by atoms with Gasteiger partial charge in [0.25, 0.3) is 0 Å². The zero-order chi connectivity index (χ0) is 83.3. The van der Waals surface area contributed by atoms with E-state index < -0.39 is 0 Å². The van der Waals surface area contributed by atoms with Crippen LogP contribution in [0.15, 0.2) is 413 Å². The van der Waals surface area contributed by atoms with E-state index in [-0.39, 0.29) is 0 Å². The van der Waals surface area contributed by atoms with Gasteiger partial charge in [0.2, 0.25) is 5.95 Å². The quantitative estimate of drug-likeness (QED) is 0.135. The lowest BCUT2D eigenvalue weighted by Gasteiger charge is -2.19. The molecule has 0 amide bonds. The second-order valence-corrected chi connectivity index (χ2v) is 38.5. The highest BCUT2D eigenvalue weighted by Gasteiger charge is 2.29. The number of para-hydroxylation sites is 3. The summed E-state index contributed by atoms with van der Waals surface area (Å²) in [5, 5.41) is 18.0. The Kier molecular flexibility index (Phi) is 17.4. The molecule has 0 aliphatic heterocycles. The SMILES string of the molecule is c1ccc(-c2cccc(-c3ccc(-n4c5ccccc5c5sc6c7ccccc7sc6c54)c4ccccc34)c2)cc1.c1ccc(-c2cccc(-c3nc(-c4ccccc4)nc(-n4c5ccccc5c5sc6c7ccccc7sc6c54)n3)c2)cc1.c1ccc2cc(-c3c4ccccc4c(-n4c5ccccc5c5sc6c7ccccc7sc6c54)c4ccccc34)ccc2c1. The molecule has 0 saturated heterocycles. The van der Waals surface area contributed by atoms with E-state index in [1.54, 1.807) is 0 Å². The van der Waals surface area contributed by atoms with Crippen LogP contribution in [0.3, 0.4) is 0 Å². The van der Waals surface area contributed by atoms with Gasteiger partial charge in [-0.05, 0) is 132 Å². The summed E-state index contributed by atoms with van der Waals surface area (Å²) in [5.41, 5.74) is 21.6. The van der Waals surface area contributed by atoms with Crippen LogP contribution in [0.1, 0.15) is 0 Å². The Morgan fingerprint density at radius 3 is 1.09 bits per heavy atom. The van der Waals surface area contributed by atoms with E-state index in [0.717, 1.165) is 33.3 Å². The second kappa shape index (κ2) is 30.0. The summed E-state index contributed by atoms with van der Waals surface area (Å²) >= 11 is 11.4. The molecule has 10 heterocycles. The van der Waals surface area contributed by atoms with Crippen molar-refractivity contribution >= 4 is 233 Å². The number of rotatable bonds is 9. The van der Waals surface area contributed by atoms with Crippen LogP contribution in [-0.4, -0.2) is 28.7 Å². The Balaban J connectivity index is 0.000000101. The first-order valence-corrected chi connectivity index (χ1v) is 47.5. The maximum Gasteiger partial charge on any atom is 0.238 e. The maximum atomic E-state index is 5.20. The van der Waals surface area contributed by atoms with E-state index in [1.807, 2.05) is 92.3 Å². The van der Waals surface area contributed by atoms with Crippen LogP contribution in [0.25, 0.3) is 250 Å². The Morgan fingerprint density at radius 2 is 0.559 bits per heavy atom. The van der Waals surface area contributed by atoms with Crippen molar-refractivity contribution in [2.45, 2.75) is 0 Å². The zero-order valence-electron chi connectivity index (χ0n) is 67.9. The van der Waals surface area contributed by atoms with Gasteiger partial charge in [-0.2, -0.15) is 9.97 Å². The van der Waals surface area contributed by atoms with Crippen LogP contribution in [0.5, 0.6) is 0 Å². The van der Waals surface area contributed by atoms with Crippen LogP contribution in [-0.2, 0) is 0 Å². The number of hydrogen-bond donors (Lipinski definition) is 0. The highest BCUT2D eigenvalue weighted by molar-refractivity contribution is 7.38. The zero-order valence-corrected chi connectivity index (χ0v) is 72.8. The molecule has 0 saturated carbocycles. The molecule has 12 heteroatoms. The largest absolute Gasteiger partial charge is 0.306 e. The first kappa shape index (κ1) is 73.7. The van der Waals surface area contributed by atoms with Crippen molar-refractivity contribution in [1.82, 2.24) is 28.7 Å². The third kappa shape index (κ3) is 11.9.